The van der Waals surface area contributed by atoms with E-state index in [1.54, 1.807) is 12.1 Å². The molecule has 0 bridgehead atoms. The number of rotatable bonds is 6. The predicted molar refractivity (Wildman–Crippen MR) is 85.0 cm³/mol. The molecule has 2 fully saturated rings. The molecule has 2 aliphatic rings. The summed E-state index contributed by atoms with van der Waals surface area (Å²) in [6.07, 6.45) is 6.11. The molecule has 0 unspecified atom stereocenters. The normalized spacial score (nSPS) is 19.4. The largest absolute Gasteiger partial charge is 0.343 e. The third-order valence-electron chi connectivity index (χ3n) is 4.78. The fourth-order valence-electron chi connectivity index (χ4n) is 3.05. The van der Waals surface area contributed by atoms with Gasteiger partial charge in [-0.25, -0.2) is 4.39 Å². The number of halogens is 1. The smallest absolute Gasteiger partial charge is 0.222 e. The molecule has 22 heavy (non-hydrogen) atoms. The van der Waals surface area contributed by atoms with Gasteiger partial charge in [0.15, 0.2) is 0 Å². The summed E-state index contributed by atoms with van der Waals surface area (Å²) < 4.78 is 12.8. The SMILES string of the molecule is O=C(CCc1ccc(F)cc1)N1CCC(NCC2CC2)CC1. The summed E-state index contributed by atoms with van der Waals surface area (Å²) in [5.41, 5.74) is 1.02. The first-order chi connectivity index (χ1) is 10.7. The quantitative estimate of drug-likeness (QED) is 0.876. The number of nitrogens with one attached hydrogen (secondary N) is 1. The molecule has 1 saturated heterocycles. The zero-order valence-electron chi connectivity index (χ0n) is 13.1. The van der Waals surface area contributed by atoms with Gasteiger partial charge in [0, 0.05) is 25.6 Å². The van der Waals surface area contributed by atoms with Crippen molar-refractivity contribution >= 4 is 5.91 Å². The monoisotopic (exact) mass is 304 g/mol. The van der Waals surface area contributed by atoms with Crippen LogP contribution in [0.1, 0.15) is 37.7 Å². The Morgan fingerprint density at radius 3 is 2.45 bits per heavy atom. The maximum absolute atomic E-state index is 12.8. The second-order valence-electron chi connectivity index (χ2n) is 6.63. The van der Waals surface area contributed by atoms with Gasteiger partial charge in [-0.3, -0.25) is 4.79 Å². The standard InChI is InChI=1S/C18H25FN2O/c19-16-6-3-14(4-7-16)5-8-18(22)21-11-9-17(10-12-21)20-13-15-1-2-15/h3-4,6-7,15,17,20H,1-2,5,8-13H2. The topological polar surface area (TPSA) is 32.3 Å². The number of hydrogen-bond acceptors (Lipinski definition) is 2. The van der Waals surface area contributed by atoms with Crippen LogP contribution in [0.5, 0.6) is 0 Å². The highest BCUT2D eigenvalue weighted by molar-refractivity contribution is 5.76. The number of aryl methyl sites for hydroxylation is 1. The number of likely N-dealkylation sites (tertiary alicyclic amines) is 1. The Morgan fingerprint density at radius 1 is 1.14 bits per heavy atom. The lowest BCUT2D eigenvalue weighted by Crippen LogP contribution is -2.45. The summed E-state index contributed by atoms with van der Waals surface area (Å²) in [6, 6.07) is 7.02. The molecule has 1 N–H and O–H groups in total. The molecule has 0 aromatic heterocycles. The third kappa shape index (κ3) is 4.54. The second kappa shape index (κ2) is 7.23. The van der Waals surface area contributed by atoms with Crippen LogP contribution < -0.4 is 5.32 Å². The van der Waals surface area contributed by atoms with Crippen molar-refractivity contribution < 1.29 is 9.18 Å². The maximum atomic E-state index is 12.8. The van der Waals surface area contributed by atoms with Crippen molar-refractivity contribution in [3.8, 4) is 0 Å². The number of benzene rings is 1. The molecule has 1 aromatic carbocycles. The average molecular weight is 304 g/mol. The third-order valence-corrected chi connectivity index (χ3v) is 4.78. The lowest BCUT2D eigenvalue weighted by molar-refractivity contribution is -0.132. The van der Waals surface area contributed by atoms with Crippen LogP contribution in [-0.2, 0) is 11.2 Å². The van der Waals surface area contributed by atoms with Gasteiger partial charge < -0.3 is 10.2 Å². The number of carbonyl (C=O) groups excluding carboxylic acids is 1. The Morgan fingerprint density at radius 2 is 1.82 bits per heavy atom. The minimum absolute atomic E-state index is 0.226. The maximum Gasteiger partial charge on any atom is 0.222 e. The Balaban J connectivity index is 1.36. The van der Waals surface area contributed by atoms with E-state index in [1.165, 1.54) is 25.0 Å². The van der Waals surface area contributed by atoms with Crippen molar-refractivity contribution in [3.05, 3.63) is 35.6 Å². The first-order valence-corrected chi connectivity index (χ1v) is 8.46. The van der Waals surface area contributed by atoms with E-state index in [9.17, 15) is 9.18 Å². The molecule has 0 spiro atoms. The number of piperidine rings is 1. The molecule has 4 heteroatoms. The van der Waals surface area contributed by atoms with E-state index in [0.717, 1.165) is 44.0 Å². The van der Waals surface area contributed by atoms with Crippen LogP contribution in [0, 0.1) is 11.7 Å². The van der Waals surface area contributed by atoms with E-state index in [-0.39, 0.29) is 11.7 Å². The first-order valence-electron chi connectivity index (χ1n) is 8.46. The molecule has 1 aromatic rings. The second-order valence-corrected chi connectivity index (χ2v) is 6.63. The van der Waals surface area contributed by atoms with Gasteiger partial charge in [-0.1, -0.05) is 12.1 Å². The highest BCUT2D eigenvalue weighted by Crippen LogP contribution is 2.28. The van der Waals surface area contributed by atoms with E-state index in [0.29, 0.717) is 18.9 Å². The van der Waals surface area contributed by atoms with Gasteiger partial charge in [0.05, 0.1) is 0 Å². The van der Waals surface area contributed by atoms with E-state index >= 15 is 0 Å². The van der Waals surface area contributed by atoms with Crippen molar-refractivity contribution in [1.82, 2.24) is 10.2 Å². The van der Waals surface area contributed by atoms with Crippen molar-refractivity contribution in [2.24, 2.45) is 5.92 Å². The van der Waals surface area contributed by atoms with Crippen molar-refractivity contribution in [3.63, 3.8) is 0 Å². The van der Waals surface area contributed by atoms with E-state index in [1.807, 2.05) is 4.90 Å². The first kappa shape index (κ1) is 15.5. The summed E-state index contributed by atoms with van der Waals surface area (Å²) in [4.78, 5) is 14.2. The molecule has 3 rings (SSSR count). The van der Waals surface area contributed by atoms with E-state index in [2.05, 4.69) is 5.32 Å². The number of carbonyl (C=O) groups is 1. The molecule has 1 amide bonds. The number of amides is 1. The fraction of sp³-hybridized carbons (Fsp3) is 0.611. The van der Waals surface area contributed by atoms with Gasteiger partial charge in [-0.05, 0) is 62.3 Å². The molecule has 3 nitrogen and oxygen atoms in total. The Bertz CT molecular complexity index is 490. The minimum atomic E-state index is -0.226. The Labute approximate surface area is 131 Å². The predicted octanol–water partition coefficient (Wildman–Crippen LogP) is 2.75. The minimum Gasteiger partial charge on any atom is -0.343 e. The summed E-state index contributed by atoms with van der Waals surface area (Å²) >= 11 is 0. The van der Waals surface area contributed by atoms with Crippen LogP contribution in [-0.4, -0.2) is 36.5 Å². The molecule has 120 valence electrons. The van der Waals surface area contributed by atoms with Crippen LogP contribution in [0.3, 0.4) is 0 Å². The van der Waals surface area contributed by atoms with Crippen molar-refractivity contribution in [2.45, 2.75) is 44.6 Å². The van der Waals surface area contributed by atoms with Crippen LogP contribution >= 0.6 is 0 Å². The summed E-state index contributed by atoms with van der Waals surface area (Å²) in [7, 11) is 0. The number of hydrogen-bond donors (Lipinski definition) is 1. The van der Waals surface area contributed by atoms with Crippen molar-refractivity contribution in [2.75, 3.05) is 19.6 Å². The van der Waals surface area contributed by atoms with E-state index in [4.69, 9.17) is 0 Å². The molecule has 1 saturated carbocycles. The van der Waals surface area contributed by atoms with Crippen molar-refractivity contribution in [1.29, 1.82) is 0 Å². The average Bonchev–Trinajstić information content (AvgIpc) is 3.37. The summed E-state index contributed by atoms with van der Waals surface area (Å²) in [5, 5.41) is 3.63. The number of nitrogens with zero attached hydrogens (tertiary/aromatic N) is 1. The highest BCUT2D eigenvalue weighted by atomic mass is 19.1. The molecule has 1 aliphatic heterocycles. The molecule has 0 radical (unpaired) electrons. The summed E-state index contributed by atoms with van der Waals surface area (Å²) in [5.74, 6) is 0.913. The fourth-order valence-corrected chi connectivity index (χ4v) is 3.05. The van der Waals surface area contributed by atoms with Crippen LogP contribution in [0.2, 0.25) is 0 Å². The van der Waals surface area contributed by atoms with E-state index < -0.39 is 0 Å². The van der Waals surface area contributed by atoms with Crippen LogP contribution in [0.4, 0.5) is 4.39 Å². The van der Waals surface area contributed by atoms with Crippen LogP contribution in [0.25, 0.3) is 0 Å². The van der Waals surface area contributed by atoms with Gasteiger partial charge in [0.2, 0.25) is 5.91 Å². The lowest BCUT2D eigenvalue weighted by atomic mass is 10.0. The molecule has 1 aliphatic carbocycles. The zero-order chi connectivity index (χ0) is 15.4. The van der Waals surface area contributed by atoms with Crippen LogP contribution in [0.15, 0.2) is 24.3 Å². The van der Waals surface area contributed by atoms with Gasteiger partial charge in [-0.15, -0.1) is 0 Å². The van der Waals surface area contributed by atoms with Gasteiger partial charge in [-0.2, -0.15) is 0 Å². The molecular weight excluding hydrogens is 279 g/mol. The van der Waals surface area contributed by atoms with Gasteiger partial charge in [0.1, 0.15) is 5.82 Å². The van der Waals surface area contributed by atoms with Gasteiger partial charge in [0.25, 0.3) is 0 Å². The molecular formula is C18H25FN2O. The Kier molecular flexibility index (Phi) is 5.08. The molecule has 0 atom stereocenters. The zero-order valence-corrected chi connectivity index (χ0v) is 13.1. The lowest BCUT2D eigenvalue weighted by Gasteiger charge is -2.32. The Hall–Kier alpha value is -1.42. The molecule has 1 heterocycles. The summed E-state index contributed by atoms with van der Waals surface area (Å²) in [6.45, 7) is 2.89. The highest BCUT2D eigenvalue weighted by Gasteiger charge is 2.25. The van der Waals surface area contributed by atoms with Gasteiger partial charge >= 0.3 is 0 Å².